The van der Waals surface area contributed by atoms with Crippen LogP contribution in [0, 0.1) is 19.8 Å². The molecule has 0 fully saturated rings. The molecule has 18 heavy (non-hydrogen) atoms. The van der Waals surface area contributed by atoms with Crippen molar-refractivity contribution >= 4 is 0 Å². The van der Waals surface area contributed by atoms with Gasteiger partial charge >= 0.3 is 0 Å². The number of ether oxygens (including phenoxy) is 1. The summed E-state index contributed by atoms with van der Waals surface area (Å²) in [6.45, 7) is 11.5. The third-order valence-electron chi connectivity index (χ3n) is 3.46. The Bertz CT molecular complexity index is 353. The van der Waals surface area contributed by atoms with Gasteiger partial charge in [-0.05, 0) is 39.3 Å². The molecule has 0 aliphatic heterocycles. The Balaban J connectivity index is 2.71. The van der Waals surface area contributed by atoms with Crippen molar-refractivity contribution in [3.05, 3.63) is 34.9 Å². The molecular weight excluding hydrogens is 222 g/mol. The fourth-order valence-electron chi connectivity index (χ4n) is 2.00. The Hall–Kier alpha value is -0.860. The Kier molecular flexibility index (Phi) is 5.83. The first-order valence-corrected chi connectivity index (χ1v) is 6.81. The Morgan fingerprint density at radius 3 is 2.06 bits per heavy atom. The van der Waals surface area contributed by atoms with Crippen molar-refractivity contribution in [3.8, 4) is 0 Å². The quantitative estimate of drug-likeness (QED) is 0.831. The maximum Gasteiger partial charge on any atom is 0.0665 e. The van der Waals surface area contributed by atoms with Gasteiger partial charge in [0.1, 0.15) is 0 Å². The molecule has 0 bridgehead atoms. The highest BCUT2D eigenvalue weighted by Crippen LogP contribution is 2.18. The lowest BCUT2D eigenvalue weighted by Gasteiger charge is -2.22. The second-order valence-corrected chi connectivity index (χ2v) is 5.54. The van der Waals surface area contributed by atoms with E-state index in [4.69, 9.17) is 4.74 Å². The van der Waals surface area contributed by atoms with E-state index in [1.807, 2.05) is 7.05 Å². The van der Waals surface area contributed by atoms with Gasteiger partial charge < -0.3 is 10.1 Å². The van der Waals surface area contributed by atoms with Gasteiger partial charge in [0, 0.05) is 0 Å². The molecular formula is C16H27NO. The minimum atomic E-state index is 0.268. The van der Waals surface area contributed by atoms with E-state index in [-0.39, 0.29) is 6.04 Å². The van der Waals surface area contributed by atoms with Crippen LogP contribution in [0.5, 0.6) is 0 Å². The second kappa shape index (κ2) is 6.91. The number of hydrogen-bond donors (Lipinski definition) is 1. The zero-order valence-corrected chi connectivity index (χ0v) is 12.6. The molecule has 1 aromatic carbocycles. The third-order valence-corrected chi connectivity index (χ3v) is 3.46. The minimum Gasteiger partial charge on any atom is -0.376 e. The van der Waals surface area contributed by atoms with E-state index < -0.39 is 0 Å². The van der Waals surface area contributed by atoms with Crippen LogP contribution in [0.15, 0.2) is 18.2 Å². The average Bonchev–Trinajstić information content (AvgIpc) is 2.28. The molecule has 2 heteroatoms. The van der Waals surface area contributed by atoms with E-state index in [2.05, 4.69) is 58.1 Å². The molecule has 0 heterocycles. The van der Waals surface area contributed by atoms with Gasteiger partial charge in [-0.25, -0.2) is 0 Å². The molecule has 0 aliphatic rings. The molecule has 0 saturated carbocycles. The summed E-state index contributed by atoms with van der Waals surface area (Å²) in [6.07, 6.45) is 0.298. The van der Waals surface area contributed by atoms with Crippen molar-refractivity contribution in [2.75, 3.05) is 13.7 Å². The SMILES string of the molecule is CNC(COC(C)C(C)C)c1cc(C)cc(C)c1. The normalized spacial score (nSPS) is 14.8. The molecule has 2 atom stereocenters. The molecule has 2 nitrogen and oxygen atoms in total. The van der Waals surface area contributed by atoms with Crippen molar-refractivity contribution in [1.82, 2.24) is 5.32 Å². The number of hydrogen-bond acceptors (Lipinski definition) is 2. The van der Waals surface area contributed by atoms with Crippen LogP contribution in [0.4, 0.5) is 0 Å². The van der Waals surface area contributed by atoms with Gasteiger partial charge in [0.25, 0.3) is 0 Å². The van der Waals surface area contributed by atoms with Gasteiger partial charge in [-0.3, -0.25) is 0 Å². The summed E-state index contributed by atoms with van der Waals surface area (Å²) >= 11 is 0. The van der Waals surface area contributed by atoms with E-state index in [0.717, 1.165) is 6.61 Å². The van der Waals surface area contributed by atoms with Crippen molar-refractivity contribution in [2.24, 2.45) is 5.92 Å². The van der Waals surface area contributed by atoms with Gasteiger partial charge in [0.15, 0.2) is 0 Å². The highest BCUT2D eigenvalue weighted by molar-refractivity contribution is 5.30. The summed E-state index contributed by atoms with van der Waals surface area (Å²) in [5.74, 6) is 0.557. The Morgan fingerprint density at radius 2 is 1.61 bits per heavy atom. The predicted octanol–water partition coefficient (Wildman–Crippen LogP) is 3.63. The molecule has 0 aliphatic carbocycles. The first-order valence-electron chi connectivity index (χ1n) is 6.81. The highest BCUT2D eigenvalue weighted by atomic mass is 16.5. The van der Waals surface area contributed by atoms with E-state index in [9.17, 15) is 0 Å². The molecule has 1 aromatic rings. The number of nitrogens with one attached hydrogen (secondary N) is 1. The van der Waals surface area contributed by atoms with E-state index in [1.54, 1.807) is 0 Å². The summed E-state index contributed by atoms with van der Waals surface area (Å²) in [5, 5.41) is 3.34. The lowest BCUT2D eigenvalue weighted by molar-refractivity contribution is 0.0229. The van der Waals surface area contributed by atoms with Crippen LogP contribution in [-0.2, 0) is 4.74 Å². The smallest absolute Gasteiger partial charge is 0.0665 e. The minimum absolute atomic E-state index is 0.268. The monoisotopic (exact) mass is 249 g/mol. The standard InChI is InChI=1S/C16H27NO/c1-11(2)14(5)18-10-16(17-6)15-8-12(3)7-13(4)9-15/h7-9,11,14,16-17H,10H2,1-6H3. The molecule has 102 valence electrons. The summed E-state index contributed by atoms with van der Waals surface area (Å²) in [4.78, 5) is 0. The van der Waals surface area contributed by atoms with Crippen LogP contribution >= 0.6 is 0 Å². The number of benzene rings is 1. The molecule has 0 spiro atoms. The molecule has 0 aromatic heterocycles. The molecule has 1 rings (SSSR count). The van der Waals surface area contributed by atoms with E-state index in [1.165, 1.54) is 16.7 Å². The van der Waals surface area contributed by atoms with Crippen molar-refractivity contribution < 1.29 is 4.74 Å². The number of likely N-dealkylation sites (N-methyl/N-ethyl adjacent to an activating group) is 1. The predicted molar refractivity (Wildman–Crippen MR) is 78.0 cm³/mol. The maximum atomic E-state index is 5.93. The lowest BCUT2D eigenvalue weighted by Crippen LogP contribution is -2.26. The number of aryl methyl sites for hydroxylation is 2. The largest absolute Gasteiger partial charge is 0.376 e. The van der Waals surface area contributed by atoms with Gasteiger partial charge in [0.2, 0.25) is 0 Å². The van der Waals surface area contributed by atoms with Gasteiger partial charge in [-0.2, -0.15) is 0 Å². The van der Waals surface area contributed by atoms with Gasteiger partial charge in [0.05, 0.1) is 18.8 Å². The second-order valence-electron chi connectivity index (χ2n) is 5.54. The van der Waals surface area contributed by atoms with E-state index >= 15 is 0 Å². The van der Waals surface area contributed by atoms with E-state index in [0.29, 0.717) is 12.0 Å². The summed E-state index contributed by atoms with van der Waals surface area (Å²) in [7, 11) is 1.99. The summed E-state index contributed by atoms with van der Waals surface area (Å²) < 4.78 is 5.93. The first-order chi connectivity index (χ1) is 8.43. The van der Waals surface area contributed by atoms with Gasteiger partial charge in [-0.1, -0.05) is 43.2 Å². The number of rotatable bonds is 6. The zero-order valence-electron chi connectivity index (χ0n) is 12.6. The Morgan fingerprint density at radius 1 is 1.06 bits per heavy atom. The summed E-state index contributed by atoms with van der Waals surface area (Å²) in [5.41, 5.74) is 3.93. The van der Waals surface area contributed by atoms with Gasteiger partial charge in [-0.15, -0.1) is 0 Å². The molecule has 0 radical (unpaired) electrons. The molecule has 1 N–H and O–H groups in total. The van der Waals surface area contributed by atoms with Crippen molar-refractivity contribution in [3.63, 3.8) is 0 Å². The zero-order chi connectivity index (χ0) is 13.7. The summed E-state index contributed by atoms with van der Waals surface area (Å²) in [6, 6.07) is 6.94. The van der Waals surface area contributed by atoms with Crippen molar-refractivity contribution in [1.29, 1.82) is 0 Å². The van der Waals surface area contributed by atoms with Crippen LogP contribution in [0.25, 0.3) is 0 Å². The van der Waals surface area contributed by atoms with Crippen LogP contribution in [0.2, 0.25) is 0 Å². The highest BCUT2D eigenvalue weighted by Gasteiger charge is 2.14. The average molecular weight is 249 g/mol. The molecule has 0 amide bonds. The van der Waals surface area contributed by atoms with Crippen LogP contribution in [0.1, 0.15) is 43.5 Å². The maximum absolute atomic E-state index is 5.93. The lowest BCUT2D eigenvalue weighted by atomic mass is 10.0. The topological polar surface area (TPSA) is 21.3 Å². The first kappa shape index (κ1) is 15.2. The fourth-order valence-corrected chi connectivity index (χ4v) is 2.00. The van der Waals surface area contributed by atoms with Crippen LogP contribution in [-0.4, -0.2) is 19.8 Å². The van der Waals surface area contributed by atoms with Crippen LogP contribution < -0.4 is 5.32 Å². The Labute approximate surface area is 112 Å². The molecule has 0 saturated heterocycles. The fraction of sp³-hybridized carbons (Fsp3) is 0.625. The molecule has 2 unspecified atom stereocenters. The van der Waals surface area contributed by atoms with Crippen LogP contribution in [0.3, 0.4) is 0 Å². The van der Waals surface area contributed by atoms with Crippen molar-refractivity contribution in [2.45, 2.75) is 46.8 Å². The third kappa shape index (κ3) is 4.43.